The Morgan fingerprint density at radius 3 is 2.94 bits per heavy atom. The summed E-state index contributed by atoms with van der Waals surface area (Å²) < 4.78 is 0.917. The summed E-state index contributed by atoms with van der Waals surface area (Å²) >= 11 is 6.39. The molecule has 80 valence electrons. The first-order valence-electron chi connectivity index (χ1n) is 4.61. The summed E-state index contributed by atoms with van der Waals surface area (Å²) in [4.78, 5) is 17.7. The summed E-state index contributed by atoms with van der Waals surface area (Å²) in [6, 6.07) is 1.86. The predicted molar refractivity (Wildman–Crippen MR) is 63.7 cm³/mol. The van der Waals surface area contributed by atoms with Gasteiger partial charge in [-0.25, -0.2) is 9.66 Å². The molecule has 0 radical (unpaired) electrons. The number of hydrogen-bond donors (Lipinski definition) is 1. The van der Waals surface area contributed by atoms with E-state index in [9.17, 15) is 4.79 Å². The van der Waals surface area contributed by atoms with E-state index >= 15 is 0 Å². The van der Waals surface area contributed by atoms with Crippen LogP contribution in [-0.4, -0.2) is 9.66 Å². The molecule has 0 saturated carbocycles. The van der Waals surface area contributed by atoms with Crippen molar-refractivity contribution < 1.29 is 51.4 Å². The van der Waals surface area contributed by atoms with Gasteiger partial charge in [0.05, 0.1) is 5.39 Å². The van der Waals surface area contributed by atoms with Gasteiger partial charge in [0.2, 0.25) is 0 Å². The maximum Gasteiger partial charge on any atom is 1.00 e. The number of rotatable bonds is 2. The summed E-state index contributed by atoms with van der Waals surface area (Å²) in [7, 11) is 0. The van der Waals surface area contributed by atoms with Crippen LogP contribution in [0.5, 0.6) is 0 Å². The minimum absolute atomic E-state index is 0. The van der Waals surface area contributed by atoms with Gasteiger partial charge in [-0.05, 0) is 12.5 Å². The van der Waals surface area contributed by atoms with Gasteiger partial charge in [0.1, 0.15) is 4.83 Å². The van der Waals surface area contributed by atoms with Gasteiger partial charge in [-0.15, -0.1) is 11.3 Å². The summed E-state index contributed by atoms with van der Waals surface area (Å²) in [5.74, 6) is 5.47. The molecule has 7 heteroatoms. The Morgan fingerprint density at radius 2 is 2.31 bits per heavy atom. The first-order chi connectivity index (χ1) is 7.13. The standard InChI is InChI=1S/C9H11N3OS2.K/c1-2-3-5-4-6-7(15-5)11-9(14)12(10)8(6)13;/h4H,2-3,10H2,1H3,(H,11,14);/q;+1/p-1. The molecule has 2 rings (SSSR count). The van der Waals surface area contributed by atoms with E-state index in [1.54, 1.807) is 0 Å². The topological polar surface area (TPSA) is 60.9 Å². The second-order valence-corrected chi connectivity index (χ2v) is 4.73. The zero-order chi connectivity index (χ0) is 11.0. The van der Waals surface area contributed by atoms with E-state index in [0.29, 0.717) is 10.2 Å². The van der Waals surface area contributed by atoms with Crippen LogP contribution in [0.25, 0.3) is 10.2 Å². The van der Waals surface area contributed by atoms with Crippen LogP contribution in [0, 0.1) is 0 Å². The molecule has 0 aliphatic carbocycles. The number of aromatic nitrogens is 2. The molecule has 0 aliphatic rings. The van der Waals surface area contributed by atoms with E-state index < -0.39 is 0 Å². The summed E-state index contributed by atoms with van der Waals surface area (Å²) in [5.41, 5.74) is -0.261. The molecule has 0 aliphatic heterocycles. The molecule has 16 heavy (non-hydrogen) atoms. The SMILES string of the molecule is CCCc1cc2c(=O)n(N)c([S-])nc2s1.[K+]. The van der Waals surface area contributed by atoms with Crippen molar-refractivity contribution in [3.05, 3.63) is 21.3 Å². The van der Waals surface area contributed by atoms with Crippen LogP contribution in [0.4, 0.5) is 0 Å². The number of nitrogens with two attached hydrogens (primary N) is 1. The minimum Gasteiger partial charge on any atom is -0.740 e. The van der Waals surface area contributed by atoms with Gasteiger partial charge in [-0.2, -0.15) is 0 Å². The molecule has 0 spiro atoms. The largest absolute Gasteiger partial charge is 1.00 e. The summed E-state index contributed by atoms with van der Waals surface area (Å²) in [6.07, 6.45) is 2.00. The van der Waals surface area contributed by atoms with Gasteiger partial charge in [0.15, 0.2) is 0 Å². The maximum absolute atomic E-state index is 11.7. The maximum atomic E-state index is 11.7. The van der Waals surface area contributed by atoms with E-state index in [0.717, 1.165) is 22.4 Å². The van der Waals surface area contributed by atoms with Crippen molar-refractivity contribution in [2.75, 3.05) is 5.84 Å². The molecule has 0 unspecified atom stereocenters. The number of aryl methyl sites for hydroxylation is 1. The van der Waals surface area contributed by atoms with Crippen LogP contribution in [0.2, 0.25) is 0 Å². The minimum atomic E-state index is -0.261. The number of fused-ring (bicyclic) bond motifs is 1. The third kappa shape index (κ3) is 2.66. The Kier molecular flexibility index (Phi) is 5.37. The van der Waals surface area contributed by atoms with Gasteiger partial charge < -0.3 is 18.5 Å². The molecule has 2 aromatic heterocycles. The van der Waals surface area contributed by atoms with Crippen LogP contribution in [-0.2, 0) is 19.0 Å². The van der Waals surface area contributed by atoms with E-state index in [4.69, 9.17) is 18.5 Å². The molecule has 0 fully saturated rings. The van der Waals surface area contributed by atoms with Crippen molar-refractivity contribution >= 4 is 34.2 Å². The Bertz CT molecular complexity index is 564. The Balaban J connectivity index is 0.00000128. The molecule has 0 aromatic carbocycles. The molecule has 4 nitrogen and oxygen atoms in total. The van der Waals surface area contributed by atoms with Crippen molar-refractivity contribution in [1.82, 2.24) is 9.66 Å². The van der Waals surface area contributed by atoms with Gasteiger partial charge in [-0.1, -0.05) is 13.3 Å². The van der Waals surface area contributed by atoms with Gasteiger partial charge in [0, 0.05) is 10.0 Å². The quantitative estimate of drug-likeness (QED) is 0.300. The van der Waals surface area contributed by atoms with Crippen molar-refractivity contribution in [2.45, 2.75) is 24.9 Å². The predicted octanol–water partition coefficient (Wildman–Crippen LogP) is -1.97. The average molecular weight is 279 g/mol. The third-order valence-corrected chi connectivity index (χ3v) is 3.49. The van der Waals surface area contributed by atoms with Gasteiger partial charge in [0.25, 0.3) is 5.56 Å². The zero-order valence-corrected chi connectivity index (χ0v) is 13.9. The van der Waals surface area contributed by atoms with Crippen LogP contribution in [0.3, 0.4) is 0 Å². The van der Waals surface area contributed by atoms with E-state index in [2.05, 4.69) is 11.9 Å². The Labute approximate surface area is 145 Å². The van der Waals surface area contributed by atoms with Crippen LogP contribution < -0.4 is 62.8 Å². The van der Waals surface area contributed by atoms with Crippen LogP contribution in [0.1, 0.15) is 18.2 Å². The van der Waals surface area contributed by atoms with Crippen molar-refractivity contribution in [3.63, 3.8) is 0 Å². The Morgan fingerprint density at radius 1 is 1.62 bits per heavy atom. The molecular weight excluding hydrogens is 269 g/mol. The van der Waals surface area contributed by atoms with Crippen LogP contribution in [0.15, 0.2) is 16.0 Å². The number of nitrogens with zero attached hydrogens (tertiary/aromatic N) is 2. The first kappa shape index (κ1) is 14.6. The van der Waals surface area contributed by atoms with Crippen molar-refractivity contribution in [1.29, 1.82) is 0 Å². The number of thiophene rings is 1. The molecule has 2 heterocycles. The smallest absolute Gasteiger partial charge is 0.740 e. The van der Waals surface area contributed by atoms with Crippen molar-refractivity contribution in [3.8, 4) is 0 Å². The van der Waals surface area contributed by atoms with Gasteiger partial charge >= 0.3 is 51.4 Å². The normalized spacial score (nSPS) is 10.3. The van der Waals surface area contributed by atoms with Gasteiger partial charge in [-0.3, -0.25) is 4.79 Å². The molecule has 0 bridgehead atoms. The fourth-order valence-corrected chi connectivity index (χ4v) is 2.75. The fourth-order valence-electron chi connectivity index (χ4n) is 1.39. The average Bonchev–Trinajstić information content (AvgIpc) is 2.58. The number of nitrogen functional groups attached to an aromatic ring is 1. The van der Waals surface area contributed by atoms with E-state index in [1.165, 1.54) is 11.3 Å². The molecule has 0 saturated heterocycles. The summed E-state index contributed by atoms with van der Waals surface area (Å²) in [6.45, 7) is 2.09. The van der Waals surface area contributed by atoms with Crippen molar-refractivity contribution in [2.24, 2.45) is 0 Å². The number of hydrogen-bond acceptors (Lipinski definition) is 5. The fraction of sp³-hybridized carbons (Fsp3) is 0.333. The molecular formula is C9H10KN3OS2. The molecule has 2 aromatic rings. The monoisotopic (exact) mass is 279 g/mol. The third-order valence-electron chi connectivity index (χ3n) is 2.11. The summed E-state index contributed by atoms with van der Waals surface area (Å²) in [5, 5.41) is 0.706. The zero-order valence-electron chi connectivity index (χ0n) is 9.19. The van der Waals surface area contributed by atoms with E-state index in [-0.39, 0.29) is 62.1 Å². The van der Waals surface area contributed by atoms with E-state index in [1.807, 2.05) is 6.07 Å². The second kappa shape index (κ2) is 5.90. The molecule has 0 atom stereocenters. The Hall–Kier alpha value is 0.496. The molecule has 0 amide bonds. The first-order valence-corrected chi connectivity index (χ1v) is 5.83. The second-order valence-electron chi connectivity index (χ2n) is 3.25. The molecule has 2 N–H and O–H groups in total. The van der Waals surface area contributed by atoms with Crippen LogP contribution >= 0.6 is 11.3 Å².